The van der Waals surface area contributed by atoms with Crippen molar-refractivity contribution in [2.24, 2.45) is 0 Å². The molecule has 2 aliphatic rings. The van der Waals surface area contributed by atoms with Gasteiger partial charge in [-0.2, -0.15) is 13.2 Å². The first-order chi connectivity index (χ1) is 21.7. The summed E-state index contributed by atoms with van der Waals surface area (Å²) in [6.45, 7) is 6.76. The lowest BCUT2D eigenvalue weighted by molar-refractivity contribution is -0.137. The molecule has 3 amide bonds. The quantitative estimate of drug-likeness (QED) is 0.316. The smallest absolute Gasteiger partial charge is 0.416 e. The van der Waals surface area contributed by atoms with Crippen molar-refractivity contribution in [3.05, 3.63) is 77.9 Å². The summed E-state index contributed by atoms with van der Waals surface area (Å²) in [7, 11) is 1.65. The summed E-state index contributed by atoms with van der Waals surface area (Å²) in [5.74, 6) is 0.512. The zero-order valence-corrected chi connectivity index (χ0v) is 25.0. The Hall–Kier alpha value is -4.49. The van der Waals surface area contributed by atoms with Gasteiger partial charge in [0, 0.05) is 69.4 Å². The Morgan fingerprint density at radius 1 is 0.822 bits per heavy atom. The molecule has 240 valence electrons. The Bertz CT molecular complexity index is 1470. The Morgan fingerprint density at radius 2 is 1.49 bits per heavy atom. The molecular formula is C32H37F3N6O4. The fourth-order valence-corrected chi connectivity index (χ4v) is 5.46. The third-order valence-corrected chi connectivity index (χ3v) is 7.81. The summed E-state index contributed by atoms with van der Waals surface area (Å²) in [6, 6.07) is 16.6. The van der Waals surface area contributed by atoms with Crippen molar-refractivity contribution < 1.29 is 32.2 Å². The Kier molecular flexibility index (Phi) is 10.3. The van der Waals surface area contributed by atoms with Gasteiger partial charge in [0.05, 0.1) is 37.1 Å². The molecule has 0 aromatic heterocycles. The predicted octanol–water partition coefficient (Wildman–Crippen LogP) is 4.75. The van der Waals surface area contributed by atoms with E-state index in [1.165, 1.54) is 12.1 Å². The molecule has 0 saturated carbocycles. The number of carbonyl (C=O) groups is 2. The molecule has 13 heteroatoms. The number of morpholine rings is 1. The maximum Gasteiger partial charge on any atom is 0.416 e. The Morgan fingerprint density at radius 3 is 2.18 bits per heavy atom. The largest absolute Gasteiger partial charge is 0.495 e. The number of carbonyl (C=O) groups excluding carboxylic acids is 2. The third-order valence-electron chi connectivity index (χ3n) is 7.81. The number of rotatable bonds is 9. The van der Waals surface area contributed by atoms with Gasteiger partial charge in [0.1, 0.15) is 5.75 Å². The van der Waals surface area contributed by atoms with Crippen LogP contribution in [0.1, 0.15) is 15.9 Å². The number of anilines is 4. The third kappa shape index (κ3) is 8.37. The van der Waals surface area contributed by atoms with E-state index in [0.29, 0.717) is 63.7 Å². The molecule has 0 aliphatic carbocycles. The second-order valence-corrected chi connectivity index (χ2v) is 10.7. The number of piperazine rings is 1. The zero-order chi connectivity index (χ0) is 31.8. The number of urea groups is 1. The minimum absolute atomic E-state index is 0.00654. The van der Waals surface area contributed by atoms with Crippen molar-refractivity contribution in [2.45, 2.75) is 6.18 Å². The number of nitrogens with zero attached hydrogens (tertiary/aromatic N) is 3. The molecule has 5 rings (SSSR count). The molecule has 0 radical (unpaired) electrons. The second-order valence-electron chi connectivity index (χ2n) is 10.7. The summed E-state index contributed by atoms with van der Waals surface area (Å²) in [5, 5.41) is 8.09. The van der Waals surface area contributed by atoms with Gasteiger partial charge in [0.2, 0.25) is 0 Å². The lowest BCUT2D eigenvalue weighted by Crippen LogP contribution is -2.47. The van der Waals surface area contributed by atoms with Gasteiger partial charge >= 0.3 is 12.2 Å². The van der Waals surface area contributed by atoms with Gasteiger partial charge in [-0.3, -0.25) is 9.69 Å². The molecule has 10 nitrogen and oxygen atoms in total. The molecule has 3 aromatic carbocycles. The van der Waals surface area contributed by atoms with E-state index in [0.717, 1.165) is 42.3 Å². The standard InChI is InChI=1S/C32H37F3N6O4/c1-44-29-8-3-2-7-28(29)41-15-13-40(14-16-41)27-10-9-25(22-26(27)30(42)36-11-12-39-17-19-45-20-18-39)38-31(43)37-24-6-4-5-23(21-24)32(33,34)35/h2-10,21-22H,11-20H2,1H3,(H,36,42)(H2,37,38,43). The summed E-state index contributed by atoms with van der Waals surface area (Å²) < 4.78 is 50.3. The maximum atomic E-state index is 13.5. The van der Waals surface area contributed by atoms with Crippen LogP contribution in [0.4, 0.5) is 40.7 Å². The first kappa shape index (κ1) is 31.9. The highest BCUT2D eigenvalue weighted by Crippen LogP contribution is 2.32. The van der Waals surface area contributed by atoms with Gasteiger partial charge in [-0.1, -0.05) is 18.2 Å². The molecule has 3 N–H and O–H groups in total. The summed E-state index contributed by atoms with van der Waals surface area (Å²) in [5.41, 5.74) is 1.57. The van der Waals surface area contributed by atoms with Crippen molar-refractivity contribution >= 4 is 34.7 Å². The van der Waals surface area contributed by atoms with E-state index in [4.69, 9.17) is 9.47 Å². The number of hydrogen-bond acceptors (Lipinski definition) is 7. The van der Waals surface area contributed by atoms with E-state index in [1.54, 1.807) is 25.3 Å². The molecule has 45 heavy (non-hydrogen) atoms. The van der Waals surface area contributed by atoms with Gasteiger partial charge < -0.3 is 35.2 Å². The maximum absolute atomic E-state index is 13.5. The van der Waals surface area contributed by atoms with Crippen molar-refractivity contribution in [1.29, 1.82) is 0 Å². The minimum Gasteiger partial charge on any atom is -0.495 e. The lowest BCUT2D eigenvalue weighted by atomic mass is 10.1. The van der Waals surface area contributed by atoms with Crippen molar-refractivity contribution in [3.63, 3.8) is 0 Å². The number of ether oxygens (including phenoxy) is 2. The van der Waals surface area contributed by atoms with Gasteiger partial charge in [0.15, 0.2) is 0 Å². The fraction of sp³-hybridized carbons (Fsp3) is 0.375. The highest BCUT2D eigenvalue weighted by molar-refractivity contribution is 6.04. The van der Waals surface area contributed by atoms with Crippen LogP contribution < -0.4 is 30.5 Å². The van der Waals surface area contributed by atoms with E-state index >= 15 is 0 Å². The number of hydrogen-bond donors (Lipinski definition) is 3. The molecule has 2 fully saturated rings. The summed E-state index contributed by atoms with van der Waals surface area (Å²) >= 11 is 0. The van der Waals surface area contributed by atoms with Gasteiger partial charge in [0.25, 0.3) is 5.91 Å². The number of halogens is 3. The Labute approximate surface area is 260 Å². The second kappa shape index (κ2) is 14.5. The van der Waals surface area contributed by atoms with Crippen LogP contribution >= 0.6 is 0 Å². The van der Waals surface area contributed by atoms with Crippen LogP contribution in [0.15, 0.2) is 66.7 Å². The van der Waals surface area contributed by atoms with Gasteiger partial charge in [-0.25, -0.2) is 4.79 Å². The SMILES string of the molecule is COc1ccccc1N1CCN(c2ccc(NC(=O)Nc3cccc(C(F)(F)F)c3)cc2C(=O)NCCN2CCOCC2)CC1. The highest BCUT2D eigenvalue weighted by atomic mass is 19.4. The van der Waals surface area contributed by atoms with Crippen LogP contribution in [0.3, 0.4) is 0 Å². The number of methoxy groups -OCH3 is 1. The van der Waals surface area contributed by atoms with Crippen molar-refractivity contribution in [2.75, 3.05) is 93.1 Å². The summed E-state index contributed by atoms with van der Waals surface area (Å²) in [6.07, 6.45) is -4.54. The van der Waals surface area contributed by atoms with Crippen LogP contribution in [-0.2, 0) is 10.9 Å². The molecule has 0 unspecified atom stereocenters. The molecule has 0 atom stereocenters. The molecule has 3 aromatic rings. The van der Waals surface area contributed by atoms with E-state index in [2.05, 4.69) is 30.7 Å². The monoisotopic (exact) mass is 626 g/mol. The fourth-order valence-electron chi connectivity index (χ4n) is 5.46. The molecule has 2 heterocycles. The number of nitrogens with one attached hydrogen (secondary N) is 3. The lowest BCUT2D eigenvalue weighted by Gasteiger charge is -2.38. The van der Waals surface area contributed by atoms with E-state index < -0.39 is 17.8 Å². The average Bonchev–Trinajstić information content (AvgIpc) is 3.05. The van der Waals surface area contributed by atoms with Crippen molar-refractivity contribution in [3.8, 4) is 5.75 Å². The Balaban J connectivity index is 1.30. The van der Waals surface area contributed by atoms with E-state index in [9.17, 15) is 22.8 Å². The first-order valence-electron chi connectivity index (χ1n) is 14.8. The topological polar surface area (TPSA) is 98.4 Å². The number of benzene rings is 3. The van der Waals surface area contributed by atoms with Crippen molar-refractivity contribution in [1.82, 2.24) is 10.2 Å². The van der Waals surface area contributed by atoms with Crippen LogP contribution in [0.2, 0.25) is 0 Å². The van der Waals surface area contributed by atoms with Crippen LogP contribution in [0, 0.1) is 0 Å². The normalized spacial score (nSPS) is 15.8. The van der Waals surface area contributed by atoms with Crippen LogP contribution in [-0.4, -0.2) is 89.5 Å². The summed E-state index contributed by atoms with van der Waals surface area (Å²) in [4.78, 5) is 32.9. The predicted molar refractivity (Wildman–Crippen MR) is 168 cm³/mol. The zero-order valence-electron chi connectivity index (χ0n) is 25.0. The first-order valence-corrected chi connectivity index (χ1v) is 14.8. The van der Waals surface area contributed by atoms with E-state index in [1.807, 2.05) is 24.3 Å². The van der Waals surface area contributed by atoms with E-state index in [-0.39, 0.29) is 11.6 Å². The number of amides is 3. The molecular weight excluding hydrogens is 589 g/mol. The number of para-hydroxylation sites is 2. The van der Waals surface area contributed by atoms with Gasteiger partial charge in [-0.05, 0) is 48.5 Å². The molecule has 2 aliphatic heterocycles. The van der Waals surface area contributed by atoms with Crippen LogP contribution in [0.5, 0.6) is 5.75 Å². The number of alkyl halides is 3. The van der Waals surface area contributed by atoms with Crippen LogP contribution in [0.25, 0.3) is 0 Å². The molecule has 0 spiro atoms. The average molecular weight is 627 g/mol. The minimum atomic E-state index is -4.54. The van der Waals surface area contributed by atoms with Gasteiger partial charge in [-0.15, -0.1) is 0 Å². The molecule has 2 saturated heterocycles. The highest BCUT2D eigenvalue weighted by Gasteiger charge is 2.30. The molecule has 0 bridgehead atoms.